The number of methoxy groups -OCH3 is 1. The predicted octanol–water partition coefficient (Wildman–Crippen LogP) is 3.86. The van der Waals surface area contributed by atoms with Crippen LogP contribution in [0.5, 0.6) is 0 Å². The quantitative estimate of drug-likeness (QED) is 0.605. The molecule has 1 aromatic carbocycles. The van der Waals surface area contributed by atoms with Crippen molar-refractivity contribution < 1.29 is 27.5 Å². The number of piperidine rings is 1. The number of hydrogen-bond acceptors (Lipinski definition) is 4. The SMILES string of the molecule is COC(=O)c1ccc(CN2CC(CC3CCN(C(=O)C(F)(F)F)CC3)C2)c(Br)c1. The summed E-state index contributed by atoms with van der Waals surface area (Å²) in [5.74, 6) is -1.16. The van der Waals surface area contributed by atoms with Crippen LogP contribution in [0.4, 0.5) is 13.2 Å². The number of halogens is 4. The van der Waals surface area contributed by atoms with Crippen LogP contribution in [0.15, 0.2) is 22.7 Å². The number of likely N-dealkylation sites (tertiary alicyclic amines) is 2. The van der Waals surface area contributed by atoms with Crippen molar-refractivity contribution in [3.05, 3.63) is 33.8 Å². The molecule has 160 valence electrons. The first kappa shape index (κ1) is 22.1. The lowest BCUT2D eigenvalue weighted by atomic mass is 9.83. The van der Waals surface area contributed by atoms with Gasteiger partial charge in [0.05, 0.1) is 12.7 Å². The van der Waals surface area contributed by atoms with Gasteiger partial charge in [-0.1, -0.05) is 22.0 Å². The minimum atomic E-state index is -4.77. The Kier molecular flexibility index (Phi) is 6.88. The van der Waals surface area contributed by atoms with Crippen LogP contribution in [0.2, 0.25) is 0 Å². The number of benzene rings is 1. The van der Waals surface area contributed by atoms with Crippen LogP contribution in [0, 0.1) is 11.8 Å². The fourth-order valence-corrected chi connectivity index (χ4v) is 4.64. The van der Waals surface area contributed by atoms with E-state index in [-0.39, 0.29) is 19.1 Å². The molecule has 0 spiro atoms. The van der Waals surface area contributed by atoms with E-state index < -0.39 is 12.1 Å². The Labute approximate surface area is 176 Å². The molecule has 1 amide bonds. The molecule has 0 N–H and O–H groups in total. The molecule has 0 saturated carbocycles. The van der Waals surface area contributed by atoms with Crippen molar-refractivity contribution in [1.29, 1.82) is 0 Å². The van der Waals surface area contributed by atoms with E-state index in [2.05, 4.69) is 20.8 Å². The molecule has 2 saturated heterocycles. The molecule has 0 unspecified atom stereocenters. The van der Waals surface area contributed by atoms with Crippen molar-refractivity contribution in [3.8, 4) is 0 Å². The lowest BCUT2D eigenvalue weighted by molar-refractivity contribution is -0.186. The summed E-state index contributed by atoms with van der Waals surface area (Å²) in [7, 11) is 1.35. The minimum Gasteiger partial charge on any atom is -0.465 e. The van der Waals surface area contributed by atoms with Gasteiger partial charge in [0.25, 0.3) is 0 Å². The van der Waals surface area contributed by atoms with Crippen LogP contribution in [0.25, 0.3) is 0 Å². The molecule has 1 aromatic rings. The van der Waals surface area contributed by atoms with Crippen LogP contribution >= 0.6 is 15.9 Å². The maximum absolute atomic E-state index is 12.5. The van der Waals surface area contributed by atoms with Crippen molar-refractivity contribution in [1.82, 2.24) is 9.80 Å². The Morgan fingerprint density at radius 3 is 2.38 bits per heavy atom. The van der Waals surface area contributed by atoms with Crippen molar-refractivity contribution in [3.63, 3.8) is 0 Å². The van der Waals surface area contributed by atoms with E-state index in [1.54, 1.807) is 12.1 Å². The molecule has 0 bridgehead atoms. The van der Waals surface area contributed by atoms with Crippen molar-refractivity contribution in [2.75, 3.05) is 33.3 Å². The number of ether oxygens (including phenoxy) is 1. The van der Waals surface area contributed by atoms with Gasteiger partial charge in [-0.15, -0.1) is 0 Å². The summed E-state index contributed by atoms with van der Waals surface area (Å²) in [6.07, 6.45) is -2.50. The molecular weight excluding hydrogens is 453 g/mol. The Morgan fingerprint density at radius 1 is 1.17 bits per heavy atom. The van der Waals surface area contributed by atoms with Crippen molar-refractivity contribution >= 4 is 27.8 Å². The summed E-state index contributed by atoms with van der Waals surface area (Å²) in [5, 5.41) is 0. The standard InChI is InChI=1S/C20H24BrF3N2O3/c1-29-18(27)15-2-3-16(17(21)9-15)12-25-10-14(11-25)8-13-4-6-26(7-5-13)19(28)20(22,23)24/h2-3,9,13-14H,4-8,10-12H2,1H3. The molecule has 2 heterocycles. The van der Waals surface area contributed by atoms with E-state index in [0.717, 1.165) is 41.0 Å². The fourth-order valence-electron chi connectivity index (χ4n) is 4.14. The number of nitrogens with zero attached hydrogens (tertiary/aromatic N) is 2. The molecule has 0 radical (unpaired) electrons. The van der Waals surface area contributed by atoms with E-state index in [9.17, 15) is 22.8 Å². The Balaban J connectivity index is 1.40. The number of amides is 1. The third-order valence-electron chi connectivity index (χ3n) is 5.71. The normalized spacial score (nSPS) is 19.1. The number of hydrogen-bond donors (Lipinski definition) is 0. The summed E-state index contributed by atoms with van der Waals surface area (Å²) in [6, 6.07) is 5.42. The molecule has 5 nitrogen and oxygen atoms in total. The van der Waals surface area contributed by atoms with Crippen LogP contribution in [0.1, 0.15) is 35.2 Å². The van der Waals surface area contributed by atoms with Crippen LogP contribution < -0.4 is 0 Å². The van der Waals surface area contributed by atoms with Gasteiger partial charge >= 0.3 is 18.1 Å². The van der Waals surface area contributed by atoms with E-state index >= 15 is 0 Å². The molecule has 2 aliphatic rings. The first-order chi connectivity index (χ1) is 13.7. The van der Waals surface area contributed by atoms with Gasteiger partial charge in [0, 0.05) is 37.2 Å². The van der Waals surface area contributed by atoms with Crippen LogP contribution in [-0.4, -0.2) is 61.1 Å². The van der Waals surface area contributed by atoms with Gasteiger partial charge in [0.2, 0.25) is 0 Å². The van der Waals surface area contributed by atoms with Crippen LogP contribution in [0.3, 0.4) is 0 Å². The highest BCUT2D eigenvalue weighted by atomic mass is 79.9. The second kappa shape index (κ2) is 9.04. The maximum atomic E-state index is 12.5. The average Bonchev–Trinajstić information content (AvgIpc) is 2.66. The Morgan fingerprint density at radius 2 is 1.83 bits per heavy atom. The molecule has 2 fully saturated rings. The second-order valence-electron chi connectivity index (χ2n) is 7.83. The van der Waals surface area contributed by atoms with Gasteiger partial charge < -0.3 is 9.64 Å². The fraction of sp³-hybridized carbons (Fsp3) is 0.600. The van der Waals surface area contributed by atoms with Crippen molar-refractivity contribution in [2.24, 2.45) is 11.8 Å². The highest BCUT2D eigenvalue weighted by molar-refractivity contribution is 9.10. The second-order valence-corrected chi connectivity index (χ2v) is 8.68. The highest BCUT2D eigenvalue weighted by Gasteiger charge is 2.43. The lowest BCUT2D eigenvalue weighted by Gasteiger charge is -2.42. The minimum absolute atomic E-state index is 0.193. The third-order valence-corrected chi connectivity index (χ3v) is 6.45. The van der Waals surface area contributed by atoms with Gasteiger partial charge in [-0.05, 0) is 48.8 Å². The van der Waals surface area contributed by atoms with Crippen molar-refractivity contribution in [2.45, 2.75) is 32.0 Å². The summed E-state index contributed by atoms with van der Waals surface area (Å²) in [6.45, 7) is 3.06. The maximum Gasteiger partial charge on any atom is 0.471 e. The molecule has 0 aromatic heterocycles. The number of carbonyl (C=O) groups is 2. The van der Waals surface area contributed by atoms with Gasteiger partial charge in [0.15, 0.2) is 0 Å². The largest absolute Gasteiger partial charge is 0.471 e. The number of alkyl halides is 3. The van der Waals surface area contributed by atoms with E-state index in [1.807, 2.05) is 6.07 Å². The van der Waals surface area contributed by atoms with Gasteiger partial charge in [0.1, 0.15) is 0 Å². The summed E-state index contributed by atoms with van der Waals surface area (Å²) in [5.41, 5.74) is 1.59. The van der Waals surface area contributed by atoms with Gasteiger partial charge in [-0.25, -0.2) is 4.79 Å². The zero-order chi connectivity index (χ0) is 21.2. The molecule has 29 heavy (non-hydrogen) atoms. The van der Waals surface area contributed by atoms with Gasteiger partial charge in [-0.2, -0.15) is 13.2 Å². The zero-order valence-corrected chi connectivity index (χ0v) is 17.8. The third kappa shape index (κ3) is 5.51. The first-order valence-corrected chi connectivity index (χ1v) is 10.4. The van der Waals surface area contributed by atoms with Gasteiger partial charge in [-0.3, -0.25) is 9.69 Å². The highest BCUT2D eigenvalue weighted by Crippen LogP contribution is 2.32. The number of esters is 1. The zero-order valence-electron chi connectivity index (χ0n) is 16.2. The molecule has 0 aliphatic carbocycles. The Bertz CT molecular complexity index is 758. The summed E-state index contributed by atoms with van der Waals surface area (Å²) in [4.78, 5) is 26.1. The van der Waals surface area contributed by atoms with E-state index in [1.165, 1.54) is 7.11 Å². The number of carbonyl (C=O) groups excluding carboxylic acids is 2. The Hall–Kier alpha value is -1.61. The topological polar surface area (TPSA) is 49.9 Å². The molecule has 3 rings (SSSR count). The molecule has 2 aliphatic heterocycles. The monoisotopic (exact) mass is 476 g/mol. The molecular formula is C20H24BrF3N2O3. The predicted molar refractivity (Wildman–Crippen MR) is 104 cm³/mol. The number of rotatable bonds is 5. The average molecular weight is 477 g/mol. The summed E-state index contributed by atoms with van der Waals surface area (Å²) < 4.78 is 43.1. The van der Waals surface area contributed by atoms with E-state index in [4.69, 9.17) is 4.74 Å². The van der Waals surface area contributed by atoms with Crippen LogP contribution in [-0.2, 0) is 16.1 Å². The smallest absolute Gasteiger partial charge is 0.465 e. The first-order valence-electron chi connectivity index (χ1n) is 9.62. The molecule has 0 atom stereocenters. The molecule has 9 heteroatoms. The lowest BCUT2D eigenvalue weighted by Crippen LogP contribution is -2.48. The summed E-state index contributed by atoms with van der Waals surface area (Å²) >= 11 is 3.51. The van der Waals surface area contributed by atoms with E-state index in [0.29, 0.717) is 30.2 Å².